The third kappa shape index (κ3) is 1.84. The molecule has 0 saturated heterocycles. The zero-order valence-corrected chi connectivity index (χ0v) is 10.8. The van der Waals surface area contributed by atoms with Gasteiger partial charge in [-0.1, -0.05) is 0 Å². The van der Waals surface area contributed by atoms with E-state index in [0.717, 1.165) is 20.7 Å². The van der Waals surface area contributed by atoms with Gasteiger partial charge < -0.3 is 5.73 Å². The lowest BCUT2D eigenvalue weighted by molar-refractivity contribution is 0.674. The van der Waals surface area contributed by atoms with Crippen molar-refractivity contribution in [2.75, 3.05) is 0 Å². The van der Waals surface area contributed by atoms with Gasteiger partial charge in [-0.3, -0.25) is 4.68 Å². The highest BCUT2D eigenvalue weighted by Crippen LogP contribution is 2.29. The molecule has 4 nitrogen and oxygen atoms in total. The number of rotatable bonds is 2. The molecule has 6 heteroatoms. The van der Waals surface area contributed by atoms with Gasteiger partial charge in [0.15, 0.2) is 0 Å². The molecule has 0 amide bonds. The highest BCUT2D eigenvalue weighted by molar-refractivity contribution is 9.10. The summed E-state index contributed by atoms with van der Waals surface area (Å²) in [5.74, 6) is 0. The smallest absolute Gasteiger partial charge is 0.0847 e. The lowest BCUT2D eigenvalue weighted by atomic mass is 10.1. The Morgan fingerprint density at radius 2 is 2.33 bits per heavy atom. The van der Waals surface area contributed by atoms with Crippen LogP contribution in [0.15, 0.2) is 16.2 Å². The minimum atomic E-state index is -0.167. The molecule has 0 radical (unpaired) electrons. The molecule has 0 aliphatic rings. The van der Waals surface area contributed by atoms with E-state index in [4.69, 9.17) is 5.73 Å². The first-order valence-electron chi connectivity index (χ1n) is 4.44. The number of thiazole rings is 1. The van der Waals surface area contributed by atoms with Crippen molar-refractivity contribution in [2.24, 2.45) is 12.8 Å². The Kier molecular flexibility index (Phi) is 2.90. The van der Waals surface area contributed by atoms with Crippen LogP contribution in [0.2, 0.25) is 0 Å². The molecule has 0 aromatic carbocycles. The van der Waals surface area contributed by atoms with Gasteiger partial charge in [0.25, 0.3) is 0 Å². The maximum atomic E-state index is 6.19. The Morgan fingerprint density at radius 1 is 1.60 bits per heavy atom. The van der Waals surface area contributed by atoms with Crippen molar-refractivity contribution in [3.63, 3.8) is 0 Å². The van der Waals surface area contributed by atoms with Crippen LogP contribution in [0.5, 0.6) is 0 Å². The van der Waals surface area contributed by atoms with Crippen LogP contribution in [0.4, 0.5) is 0 Å². The summed E-state index contributed by atoms with van der Waals surface area (Å²) in [6.45, 7) is 1.97. The van der Waals surface area contributed by atoms with Crippen LogP contribution in [0.3, 0.4) is 0 Å². The van der Waals surface area contributed by atoms with Crippen LogP contribution in [0, 0.1) is 6.92 Å². The highest BCUT2D eigenvalue weighted by Gasteiger charge is 2.19. The Labute approximate surface area is 100 Å². The second-order valence-corrected chi connectivity index (χ2v) is 5.02. The van der Waals surface area contributed by atoms with E-state index < -0.39 is 0 Å². The number of halogens is 1. The van der Waals surface area contributed by atoms with E-state index in [9.17, 15) is 0 Å². The molecule has 15 heavy (non-hydrogen) atoms. The van der Waals surface area contributed by atoms with Crippen molar-refractivity contribution >= 4 is 27.3 Å². The van der Waals surface area contributed by atoms with Gasteiger partial charge in [0.2, 0.25) is 0 Å². The predicted molar refractivity (Wildman–Crippen MR) is 63.8 cm³/mol. The molecular formula is C9H11BrN4S. The molecule has 2 heterocycles. The summed E-state index contributed by atoms with van der Waals surface area (Å²) in [5.41, 5.74) is 9.96. The first kappa shape index (κ1) is 10.8. The summed E-state index contributed by atoms with van der Waals surface area (Å²) in [4.78, 5) is 5.28. The number of nitrogens with two attached hydrogens (primary N) is 1. The third-order valence-corrected chi connectivity index (χ3v) is 3.92. The van der Waals surface area contributed by atoms with Gasteiger partial charge in [-0.05, 0) is 22.9 Å². The summed E-state index contributed by atoms with van der Waals surface area (Å²) >= 11 is 5.02. The van der Waals surface area contributed by atoms with Gasteiger partial charge >= 0.3 is 0 Å². The quantitative estimate of drug-likeness (QED) is 0.919. The normalized spacial score (nSPS) is 13.1. The number of nitrogens with zero attached hydrogens (tertiary/aromatic N) is 3. The average Bonchev–Trinajstić information content (AvgIpc) is 2.73. The van der Waals surface area contributed by atoms with Gasteiger partial charge in [0.05, 0.1) is 38.5 Å². The predicted octanol–water partition coefficient (Wildman–Crippen LogP) is 2.00. The second kappa shape index (κ2) is 4.03. The van der Waals surface area contributed by atoms with Gasteiger partial charge in [0, 0.05) is 7.05 Å². The van der Waals surface area contributed by atoms with Crippen LogP contribution >= 0.6 is 27.3 Å². The largest absolute Gasteiger partial charge is 0.318 e. The van der Waals surface area contributed by atoms with Crippen LogP contribution in [0.1, 0.15) is 22.3 Å². The topological polar surface area (TPSA) is 56.7 Å². The zero-order valence-electron chi connectivity index (χ0n) is 8.44. The number of hydrogen-bond donors (Lipinski definition) is 1. The lowest BCUT2D eigenvalue weighted by Gasteiger charge is -2.11. The van der Waals surface area contributed by atoms with Gasteiger partial charge in [-0.2, -0.15) is 5.10 Å². The van der Waals surface area contributed by atoms with Crippen LogP contribution < -0.4 is 5.73 Å². The van der Waals surface area contributed by atoms with Crippen LogP contribution in [-0.2, 0) is 7.05 Å². The van der Waals surface area contributed by atoms with E-state index in [1.165, 1.54) is 0 Å². The average molecular weight is 287 g/mol. The Morgan fingerprint density at radius 3 is 2.80 bits per heavy atom. The summed E-state index contributed by atoms with van der Waals surface area (Å²) in [6, 6.07) is -0.167. The van der Waals surface area contributed by atoms with Crippen molar-refractivity contribution in [1.82, 2.24) is 14.8 Å². The first-order chi connectivity index (χ1) is 7.11. The molecule has 80 valence electrons. The molecule has 1 atom stereocenters. The van der Waals surface area contributed by atoms with E-state index in [1.807, 2.05) is 19.5 Å². The molecule has 2 aromatic rings. The molecule has 2 N–H and O–H groups in total. The molecular weight excluding hydrogens is 276 g/mol. The monoisotopic (exact) mass is 286 g/mol. The standard InChI is InChI=1S/C9H11BrN4S/c1-5-9(15-4-12-5)7(11)8-6(10)3-13-14(8)2/h3-4,7H,11H2,1-2H3. The first-order valence-corrected chi connectivity index (χ1v) is 6.11. The number of aryl methyl sites for hydroxylation is 2. The Hall–Kier alpha value is -0.720. The van der Waals surface area contributed by atoms with Crippen LogP contribution in [-0.4, -0.2) is 14.8 Å². The van der Waals surface area contributed by atoms with E-state index >= 15 is 0 Å². The maximum Gasteiger partial charge on any atom is 0.0847 e. The minimum Gasteiger partial charge on any atom is -0.318 e. The summed E-state index contributed by atoms with van der Waals surface area (Å²) in [7, 11) is 1.89. The second-order valence-electron chi connectivity index (χ2n) is 3.28. The van der Waals surface area contributed by atoms with E-state index in [-0.39, 0.29) is 6.04 Å². The van der Waals surface area contributed by atoms with Crippen molar-refractivity contribution in [2.45, 2.75) is 13.0 Å². The molecule has 0 bridgehead atoms. The van der Waals surface area contributed by atoms with Crippen LogP contribution in [0.25, 0.3) is 0 Å². The summed E-state index contributed by atoms with van der Waals surface area (Å²) in [5, 5.41) is 4.15. The fourth-order valence-corrected chi connectivity index (χ4v) is 2.90. The SMILES string of the molecule is Cc1ncsc1C(N)c1c(Br)cnn1C. The van der Waals surface area contributed by atoms with Crippen molar-refractivity contribution in [1.29, 1.82) is 0 Å². The molecule has 2 aromatic heterocycles. The Balaban J connectivity index is 2.45. The zero-order chi connectivity index (χ0) is 11.0. The Bertz CT molecular complexity index is 457. The molecule has 2 rings (SSSR count). The maximum absolute atomic E-state index is 6.19. The molecule has 1 unspecified atom stereocenters. The molecule has 0 fully saturated rings. The minimum absolute atomic E-state index is 0.167. The molecule has 0 spiro atoms. The van der Waals surface area contributed by atoms with Crippen molar-refractivity contribution < 1.29 is 0 Å². The van der Waals surface area contributed by atoms with Gasteiger partial charge in [0.1, 0.15) is 0 Å². The molecule has 0 aliphatic heterocycles. The highest BCUT2D eigenvalue weighted by atomic mass is 79.9. The van der Waals surface area contributed by atoms with Crippen molar-refractivity contribution in [3.05, 3.63) is 32.4 Å². The van der Waals surface area contributed by atoms with Gasteiger partial charge in [-0.25, -0.2) is 4.98 Å². The number of hydrogen-bond acceptors (Lipinski definition) is 4. The fraction of sp³-hybridized carbons (Fsp3) is 0.333. The van der Waals surface area contributed by atoms with Crippen molar-refractivity contribution in [3.8, 4) is 0 Å². The fourth-order valence-electron chi connectivity index (χ4n) is 1.50. The van der Waals surface area contributed by atoms with Gasteiger partial charge in [-0.15, -0.1) is 11.3 Å². The lowest BCUT2D eigenvalue weighted by Crippen LogP contribution is -2.16. The number of aromatic nitrogens is 3. The van der Waals surface area contributed by atoms with E-state index in [0.29, 0.717) is 0 Å². The molecule has 0 aliphatic carbocycles. The van der Waals surface area contributed by atoms with E-state index in [2.05, 4.69) is 26.0 Å². The third-order valence-electron chi connectivity index (χ3n) is 2.30. The van der Waals surface area contributed by atoms with E-state index in [1.54, 1.807) is 22.2 Å². The summed E-state index contributed by atoms with van der Waals surface area (Å²) in [6.07, 6.45) is 1.76. The molecule has 0 saturated carbocycles. The summed E-state index contributed by atoms with van der Waals surface area (Å²) < 4.78 is 2.72.